The monoisotopic (exact) mass is 283 g/mol. The lowest BCUT2D eigenvalue weighted by Gasteiger charge is -2.40. The molecule has 116 valence electrons. The first-order chi connectivity index (χ1) is 8.99. The SMILES string of the molecule is CC(C)(C)OC(=O)NCC1CC(=O)CCC1C(C)(C)C. The van der Waals surface area contributed by atoms with Gasteiger partial charge in [0, 0.05) is 19.4 Å². The van der Waals surface area contributed by atoms with E-state index in [0.717, 1.165) is 6.42 Å². The van der Waals surface area contributed by atoms with Crippen LogP contribution in [0.2, 0.25) is 0 Å². The zero-order valence-electron chi connectivity index (χ0n) is 13.7. The minimum atomic E-state index is -0.490. The van der Waals surface area contributed by atoms with E-state index in [9.17, 15) is 9.59 Å². The standard InChI is InChI=1S/C16H29NO3/c1-15(2,3)13-8-7-12(18)9-11(13)10-17-14(19)20-16(4,5)6/h11,13H,7-10H2,1-6H3,(H,17,19). The van der Waals surface area contributed by atoms with Crippen molar-refractivity contribution in [3.8, 4) is 0 Å². The molecule has 1 saturated carbocycles. The average molecular weight is 283 g/mol. The Labute approximate surface area is 122 Å². The van der Waals surface area contributed by atoms with Crippen molar-refractivity contribution in [1.82, 2.24) is 5.32 Å². The number of ether oxygens (including phenoxy) is 1. The number of Topliss-reactive ketones (excluding diaryl/α,β-unsaturated/α-hetero) is 1. The minimum absolute atomic E-state index is 0.154. The van der Waals surface area contributed by atoms with Crippen LogP contribution in [0.1, 0.15) is 60.8 Å². The molecule has 0 saturated heterocycles. The predicted molar refractivity (Wildman–Crippen MR) is 79.5 cm³/mol. The summed E-state index contributed by atoms with van der Waals surface area (Å²) in [5.74, 6) is 0.973. The Morgan fingerprint density at radius 3 is 2.35 bits per heavy atom. The zero-order chi connectivity index (χ0) is 15.6. The van der Waals surface area contributed by atoms with Gasteiger partial charge in [0.25, 0.3) is 0 Å². The second-order valence-electron chi connectivity index (χ2n) is 7.90. The van der Waals surface area contributed by atoms with Crippen LogP contribution in [0.15, 0.2) is 0 Å². The molecule has 1 fully saturated rings. The van der Waals surface area contributed by atoms with E-state index >= 15 is 0 Å². The van der Waals surface area contributed by atoms with E-state index in [0.29, 0.717) is 31.1 Å². The number of carbonyl (C=O) groups is 2. The molecule has 0 heterocycles. The zero-order valence-corrected chi connectivity index (χ0v) is 13.7. The molecule has 4 nitrogen and oxygen atoms in total. The van der Waals surface area contributed by atoms with Gasteiger partial charge in [-0.25, -0.2) is 4.79 Å². The first-order valence-electron chi connectivity index (χ1n) is 7.47. The fourth-order valence-corrected chi connectivity index (χ4v) is 2.97. The summed E-state index contributed by atoms with van der Waals surface area (Å²) in [5.41, 5.74) is -0.336. The number of rotatable bonds is 2. The fraction of sp³-hybridized carbons (Fsp3) is 0.875. The molecule has 2 atom stereocenters. The van der Waals surface area contributed by atoms with Crippen LogP contribution in [0, 0.1) is 17.3 Å². The fourth-order valence-electron chi connectivity index (χ4n) is 2.97. The lowest BCUT2D eigenvalue weighted by molar-refractivity contribution is -0.123. The van der Waals surface area contributed by atoms with E-state index in [4.69, 9.17) is 4.74 Å². The van der Waals surface area contributed by atoms with Crippen LogP contribution < -0.4 is 5.32 Å². The van der Waals surface area contributed by atoms with Crippen molar-refractivity contribution in [1.29, 1.82) is 0 Å². The van der Waals surface area contributed by atoms with Gasteiger partial charge in [0.15, 0.2) is 0 Å². The van der Waals surface area contributed by atoms with Gasteiger partial charge in [-0.15, -0.1) is 0 Å². The smallest absolute Gasteiger partial charge is 0.407 e. The highest BCUT2D eigenvalue weighted by molar-refractivity contribution is 5.79. The van der Waals surface area contributed by atoms with Crippen LogP contribution in [-0.2, 0) is 9.53 Å². The highest BCUT2D eigenvalue weighted by Gasteiger charge is 2.37. The normalized spacial score (nSPS) is 24.4. The Morgan fingerprint density at radius 1 is 1.25 bits per heavy atom. The van der Waals surface area contributed by atoms with Gasteiger partial charge in [0.1, 0.15) is 11.4 Å². The first kappa shape index (κ1) is 17.0. The van der Waals surface area contributed by atoms with Crippen LogP contribution in [0.3, 0.4) is 0 Å². The first-order valence-corrected chi connectivity index (χ1v) is 7.47. The molecular weight excluding hydrogens is 254 g/mol. The lowest BCUT2D eigenvalue weighted by atomic mass is 9.66. The van der Waals surface area contributed by atoms with Crippen molar-refractivity contribution in [2.45, 2.75) is 66.4 Å². The Hall–Kier alpha value is -1.06. The molecule has 1 aliphatic carbocycles. The third-order valence-corrected chi connectivity index (χ3v) is 3.81. The highest BCUT2D eigenvalue weighted by atomic mass is 16.6. The van der Waals surface area contributed by atoms with Gasteiger partial charge in [-0.3, -0.25) is 4.79 Å². The van der Waals surface area contributed by atoms with E-state index in [-0.39, 0.29) is 11.3 Å². The number of carbonyl (C=O) groups excluding carboxylic acids is 2. The van der Waals surface area contributed by atoms with Gasteiger partial charge in [-0.2, -0.15) is 0 Å². The highest BCUT2D eigenvalue weighted by Crippen LogP contribution is 2.40. The lowest BCUT2D eigenvalue weighted by Crippen LogP contribution is -2.42. The molecule has 0 aromatic carbocycles. The molecule has 0 aliphatic heterocycles. The summed E-state index contributed by atoms with van der Waals surface area (Å²) in [6.07, 6.45) is 1.76. The van der Waals surface area contributed by atoms with Crippen LogP contribution >= 0.6 is 0 Å². The molecule has 0 aromatic rings. The summed E-state index contributed by atoms with van der Waals surface area (Å²) in [7, 11) is 0. The summed E-state index contributed by atoms with van der Waals surface area (Å²) >= 11 is 0. The molecule has 0 bridgehead atoms. The molecule has 0 spiro atoms. The summed E-state index contributed by atoms with van der Waals surface area (Å²) in [4.78, 5) is 23.4. The van der Waals surface area contributed by atoms with Gasteiger partial charge in [0.2, 0.25) is 0 Å². The average Bonchev–Trinajstić information content (AvgIpc) is 2.22. The molecule has 1 rings (SSSR count). The Bertz CT molecular complexity index is 363. The quantitative estimate of drug-likeness (QED) is 0.843. The maximum absolute atomic E-state index is 11.7. The molecule has 0 aromatic heterocycles. The molecular formula is C16H29NO3. The van der Waals surface area contributed by atoms with E-state index in [1.165, 1.54) is 0 Å². The maximum Gasteiger partial charge on any atom is 0.407 e. The van der Waals surface area contributed by atoms with Crippen LogP contribution in [0.4, 0.5) is 4.79 Å². The van der Waals surface area contributed by atoms with E-state index < -0.39 is 11.7 Å². The Morgan fingerprint density at radius 2 is 1.85 bits per heavy atom. The molecule has 1 amide bonds. The molecule has 1 N–H and O–H groups in total. The van der Waals surface area contributed by atoms with Gasteiger partial charge < -0.3 is 10.1 Å². The Balaban J connectivity index is 2.58. The van der Waals surface area contributed by atoms with Gasteiger partial charge in [-0.05, 0) is 44.4 Å². The molecule has 1 aliphatic rings. The van der Waals surface area contributed by atoms with E-state index in [1.54, 1.807) is 0 Å². The predicted octanol–water partition coefficient (Wildman–Crippen LogP) is 3.54. The Kier molecular flexibility index (Phi) is 5.22. The summed E-state index contributed by atoms with van der Waals surface area (Å²) in [5, 5.41) is 2.82. The third kappa shape index (κ3) is 5.51. The van der Waals surface area contributed by atoms with Crippen LogP contribution in [0.5, 0.6) is 0 Å². The number of hydrogen-bond donors (Lipinski definition) is 1. The van der Waals surface area contributed by atoms with Crippen molar-refractivity contribution < 1.29 is 14.3 Å². The van der Waals surface area contributed by atoms with Crippen molar-refractivity contribution in [3.05, 3.63) is 0 Å². The topological polar surface area (TPSA) is 55.4 Å². The summed E-state index contributed by atoms with van der Waals surface area (Å²) in [6.45, 7) is 12.6. The van der Waals surface area contributed by atoms with Crippen molar-refractivity contribution in [2.24, 2.45) is 17.3 Å². The number of hydrogen-bond acceptors (Lipinski definition) is 3. The van der Waals surface area contributed by atoms with Gasteiger partial charge in [0.05, 0.1) is 0 Å². The molecule has 2 unspecified atom stereocenters. The second-order valence-corrected chi connectivity index (χ2v) is 7.90. The van der Waals surface area contributed by atoms with Crippen molar-refractivity contribution in [2.75, 3.05) is 6.54 Å². The minimum Gasteiger partial charge on any atom is -0.444 e. The number of ketones is 1. The van der Waals surface area contributed by atoms with Gasteiger partial charge >= 0.3 is 6.09 Å². The van der Waals surface area contributed by atoms with Crippen molar-refractivity contribution in [3.63, 3.8) is 0 Å². The largest absolute Gasteiger partial charge is 0.444 e. The third-order valence-electron chi connectivity index (χ3n) is 3.81. The second kappa shape index (κ2) is 6.15. The molecule has 4 heteroatoms. The summed E-state index contributed by atoms with van der Waals surface area (Å²) in [6, 6.07) is 0. The number of nitrogens with one attached hydrogen (secondary N) is 1. The van der Waals surface area contributed by atoms with Crippen LogP contribution in [0.25, 0.3) is 0 Å². The number of amides is 1. The van der Waals surface area contributed by atoms with Crippen LogP contribution in [-0.4, -0.2) is 24.0 Å². The molecule has 0 radical (unpaired) electrons. The van der Waals surface area contributed by atoms with E-state index in [1.807, 2.05) is 20.8 Å². The van der Waals surface area contributed by atoms with Gasteiger partial charge in [-0.1, -0.05) is 20.8 Å². The van der Waals surface area contributed by atoms with E-state index in [2.05, 4.69) is 26.1 Å². The van der Waals surface area contributed by atoms with Crippen molar-refractivity contribution >= 4 is 11.9 Å². The maximum atomic E-state index is 11.7. The summed E-state index contributed by atoms with van der Waals surface area (Å²) < 4.78 is 5.24. The number of alkyl carbamates (subject to hydrolysis) is 1. The molecule has 20 heavy (non-hydrogen) atoms.